The molecule has 88 valence electrons. The number of nitro benzene ring substituents is 1. The average Bonchev–Trinajstić information content (AvgIpc) is 2.15. The van der Waals surface area contributed by atoms with Crippen LogP contribution in [0.15, 0.2) is 16.6 Å². The van der Waals surface area contributed by atoms with E-state index in [4.69, 9.17) is 5.73 Å². The molecule has 2 N–H and O–H groups in total. The highest BCUT2D eigenvalue weighted by Gasteiger charge is 2.36. The molecule has 0 atom stereocenters. The molecule has 0 amide bonds. The first kappa shape index (κ1) is 12.9. The summed E-state index contributed by atoms with van der Waals surface area (Å²) in [6.45, 7) is -0.197. The minimum absolute atomic E-state index is 0.0576. The molecule has 0 aliphatic rings. The summed E-state index contributed by atoms with van der Waals surface area (Å²) < 4.78 is 37.0. The van der Waals surface area contributed by atoms with Crippen molar-refractivity contribution in [3.63, 3.8) is 0 Å². The van der Waals surface area contributed by atoms with Gasteiger partial charge in [-0.3, -0.25) is 10.1 Å². The van der Waals surface area contributed by atoms with Crippen molar-refractivity contribution < 1.29 is 18.1 Å². The molecule has 0 aliphatic heterocycles. The Hall–Kier alpha value is -1.15. The molecule has 0 radical (unpaired) electrons. The minimum atomic E-state index is -4.66. The van der Waals surface area contributed by atoms with Crippen molar-refractivity contribution in [2.45, 2.75) is 12.7 Å². The zero-order valence-electron chi connectivity index (χ0n) is 7.71. The maximum Gasteiger partial charge on any atom is 0.417 e. The predicted octanol–water partition coefficient (Wildman–Crippen LogP) is 2.83. The number of rotatable bonds is 2. The first-order valence-corrected chi connectivity index (χ1v) is 4.80. The maximum atomic E-state index is 12.5. The molecule has 1 aromatic rings. The molecular formula is C8H6BrF3N2O2. The molecule has 4 nitrogen and oxygen atoms in total. The fraction of sp³-hybridized carbons (Fsp3) is 0.250. The maximum absolute atomic E-state index is 12.5. The van der Waals surface area contributed by atoms with E-state index < -0.39 is 26.8 Å². The van der Waals surface area contributed by atoms with Gasteiger partial charge in [0.05, 0.1) is 10.5 Å². The molecule has 0 saturated heterocycles. The monoisotopic (exact) mass is 298 g/mol. The molecule has 0 unspecified atom stereocenters. The van der Waals surface area contributed by atoms with Crippen LogP contribution in [0.2, 0.25) is 0 Å². The van der Waals surface area contributed by atoms with Crippen LogP contribution in [0.25, 0.3) is 0 Å². The topological polar surface area (TPSA) is 69.2 Å². The summed E-state index contributed by atoms with van der Waals surface area (Å²) in [4.78, 5) is 9.65. The number of nitrogens with two attached hydrogens (primary N) is 1. The second-order valence-corrected chi connectivity index (χ2v) is 3.73. The van der Waals surface area contributed by atoms with Crippen molar-refractivity contribution in [1.82, 2.24) is 0 Å². The lowest BCUT2D eigenvalue weighted by Crippen LogP contribution is -2.10. The van der Waals surface area contributed by atoms with Gasteiger partial charge in [0.2, 0.25) is 0 Å². The summed E-state index contributed by atoms with van der Waals surface area (Å²) in [5.41, 5.74) is 3.49. The van der Waals surface area contributed by atoms with E-state index in [-0.39, 0.29) is 12.1 Å². The Morgan fingerprint density at radius 2 is 2.00 bits per heavy atom. The lowest BCUT2D eigenvalue weighted by molar-refractivity contribution is -0.386. The van der Waals surface area contributed by atoms with Crippen LogP contribution in [0.5, 0.6) is 0 Å². The number of hydrogen-bond acceptors (Lipinski definition) is 3. The normalized spacial score (nSPS) is 11.6. The van der Waals surface area contributed by atoms with Crippen molar-refractivity contribution in [2.75, 3.05) is 0 Å². The Labute approximate surface area is 96.5 Å². The number of nitro groups is 1. The van der Waals surface area contributed by atoms with Gasteiger partial charge < -0.3 is 5.73 Å². The van der Waals surface area contributed by atoms with Crippen molar-refractivity contribution in [2.24, 2.45) is 5.73 Å². The summed E-state index contributed by atoms with van der Waals surface area (Å²) in [6, 6.07) is 1.80. The SMILES string of the molecule is NCc1cc([N+](=O)[O-])c(Br)c(C(F)(F)F)c1. The average molecular weight is 299 g/mol. The van der Waals surface area contributed by atoms with E-state index >= 15 is 0 Å². The summed E-state index contributed by atoms with van der Waals surface area (Å²) >= 11 is 2.58. The van der Waals surface area contributed by atoms with Crippen molar-refractivity contribution >= 4 is 21.6 Å². The quantitative estimate of drug-likeness (QED) is 0.674. The largest absolute Gasteiger partial charge is 0.417 e. The lowest BCUT2D eigenvalue weighted by Gasteiger charge is -2.10. The van der Waals surface area contributed by atoms with E-state index in [9.17, 15) is 23.3 Å². The van der Waals surface area contributed by atoms with Crippen LogP contribution >= 0.6 is 15.9 Å². The van der Waals surface area contributed by atoms with Gasteiger partial charge >= 0.3 is 6.18 Å². The number of hydrogen-bond donors (Lipinski definition) is 1. The molecule has 0 heterocycles. The van der Waals surface area contributed by atoms with Gasteiger partial charge in [0, 0.05) is 12.6 Å². The van der Waals surface area contributed by atoms with E-state index in [0.717, 1.165) is 12.1 Å². The van der Waals surface area contributed by atoms with E-state index in [0.29, 0.717) is 0 Å². The van der Waals surface area contributed by atoms with Crippen LogP contribution in [0.4, 0.5) is 18.9 Å². The van der Waals surface area contributed by atoms with E-state index in [1.165, 1.54) is 0 Å². The standard InChI is InChI=1S/C8H6BrF3N2O2/c9-7-5(8(10,11)12)1-4(3-13)2-6(7)14(15)16/h1-2H,3,13H2. The van der Waals surface area contributed by atoms with Crippen LogP contribution in [0.3, 0.4) is 0 Å². The molecule has 1 rings (SSSR count). The number of benzene rings is 1. The lowest BCUT2D eigenvalue weighted by atomic mass is 10.1. The molecule has 0 fully saturated rings. The van der Waals surface area contributed by atoms with Gasteiger partial charge in [0.1, 0.15) is 4.47 Å². The van der Waals surface area contributed by atoms with Gasteiger partial charge in [-0.25, -0.2) is 0 Å². The van der Waals surface area contributed by atoms with Gasteiger partial charge in [0.15, 0.2) is 0 Å². The van der Waals surface area contributed by atoms with Gasteiger partial charge in [-0.15, -0.1) is 0 Å². The number of nitrogens with zero attached hydrogens (tertiary/aromatic N) is 1. The highest BCUT2D eigenvalue weighted by atomic mass is 79.9. The Balaban J connectivity index is 3.50. The molecule has 0 spiro atoms. The number of halogens is 4. The molecule has 0 saturated carbocycles. The first-order chi connectivity index (χ1) is 7.27. The first-order valence-electron chi connectivity index (χ1n) is 4.01. The molecule has 0 aromatic heterocycles. The van der Waals surface area contributed by atoms with Gasteiger partial charge in [-0.05, 0) is 27.6 Å². The van der Waals surface area contributed by atoms with E-state index in [1.807, 2.05) is 0 Å². The van der Waals surface area contributed by atoms with Crippen molar-refractivity contribution in [3.8, 4) is 0 Å². The molecular weight excluding hydrogens is 293 g/mol. The van der Waals surface area contributed by atoms with Crippen LogP contribution in [0, 0.1) is 10.1 Å². The third kappa shape index (κ3) is 2.50. The summed E-state index contributed by atoms with van der Waals surface area (Å²) in [7, 11) is 0. The Bertz CT molecular complexity index is 434. The van der Waals surface area contributed by atoms with Gasteiger partial charge in [-0.1, -0.05) is 0 Å². The third-order valence-electron chi connectivity index (χ3n) is 1.85. The molecule has 0 aliphatic carbocycles. The van der Waals surface area contributed by atoms with Crippen molar-refractivity contribution in [1.29, 1.82) is 0 Å². The summed E-state index contributed by atoms with van der Waals surface area (Å²) in [6.07, 6.45) is -4.66. The predicted molar refractivity (Wildman–Crippen MR) is 53.7 cm³/mol. The summed E-state index contributed by atoms with van der Waals surface area (Å²) in [5.74, 6) is 0. The summed E-state index contributed by atoms with van der Waals surface area (Å²) in [5, 5.41) is 10.5. The Kier molecular flexibility index (Phi) is 3.54. The van der Waals surface area contributed by atoms with Gasteiger partial charge in [-0.2, -0.15) is 13.2 Å². The second-order valence-electron chi connectivity index (χ2n) is 2.94. The molecule has 8 heteroatoms. The van der Waals surface area contributed by atoms with Gasteiger partial charge in [0.25, 0.3) is 5.69 Å². The zero-order chi connectivity index (χ0) is 12.5. The molecule has 0 bridgehead atoms. The smallest absolute Gasteiger partial charge is 0.326 e. The van der Waals surface area contributed by atoms with Crippen LogP contribution < -0.4 is 5.73 Å². The fourth-order valence-corrected chi connectivity index (χ4v) is 1.72. The number of alkyl halides is 3. The van der Waals surface area contributed by atoms with E-state index in [2.05, 4.69) is 15.9 Å². The Morgan fingerprint density at radius 3 is 2.38 bits per heavy atom. The highest BCUT2D eigenvalue weighted by Crippen LogP contribution is 2.40. The minimum Gasteiger partial charge on any atom is -0.326 e. The highest BCUT2D eigenvalue weighted by molar-refractivity contribution is 9.10. The van der Waals surface area contributed by atoms with Crippen LogP contribution in [0.1, 0.15) is 11.1 Å². The Morgan fingerprint density at radius 1 is 1.44 bits per heavy atom. The molecule has 1 aromatic carbocycles. The van der Waals surface area contributed by atoms with Crippen molar-refractivity contribution in [3.05, 3.63) is 37.8 Å². The molecule has 16 heavy (non-hydrogen) atoms. The van der Waals surface area contributed by atoms with Crippen LogP contribution in [-0.2, 0) is 12.7 Å². The second kappa shape index (κ2) is 4.38. The fourth-order valence-electron chi connectivity index (χ4n) is 1.12. The van der Waals surface area contributed by atoms with Crippen LogP contribution in [-0.4, -0.2) is 4.92 Å². The van der Waals surface area contributed by atoms with E-state index in [1.54, 1.807) is 0 Å². The third-order valence-corrected chi connectivity index (χ3v) is 2.68. The zero-order valence-corrected chi connectivity index (χ0v) is 9.30.